The molecule has 0 unspecified atom stereocenters. The number of nitrogens with zero attached hydrogens (tertiary/aromatic N) is 1. The van der Waals surface area contributed by atoms with Crippen LogP contribution in [0.1, 0.15) is 122 Å². The van der Waals surface area contributed by atoms with Gasteiger partial charge in [-0.15, -0.1) is 0 Å². The molecule has 0 heterocycles. The highest BCUT2D eigenvalue weighted by atomic mass is 16.6. The Morgan fingerprint density at radius 2 is 1.31 bits per heavy atom. The second-order valence-corrected chi connectivity index (χ2v) is 8.88. The lowest BCUT2D eigenvalue weighted by Crippen LogP contribution is -2.00. The molecule has 0 spiro atoms. The number of unbranched alkanes of at least 4 members (excludes halogenated alkanes) is 15. The van der Waals surface area contributed by atoms with Crippen LogP contribution in [-0.4, -0.2) is 16.0 Å². The summed E-state index contributed by atoms with van der Waals surface area (Å²) in [5.41, 5.74) is 0.856. The summed E-state index contributed by atoms with van der Waals surface area (Å²) in [5, 5.41) is 20.3. The Kier molecular flexibility index (Phi) is 16.0. The zero-order valence-corrected chi connectivity index (χ0v) is 20.0. The highest BCUT2D eigenvalue weighted by Gasteiger charge is 2.09. The van der Waals surface area contributed by atoms with Crippen LogP contribution in [0.15, 0.2) is 29.8 Å². The first-order valence-electron chi connectivity index (χ1n) is 12.7. The molecule has 0 saturated carbocycles. The van der Waals surface area contributed by atoms with Crippen LogP contribution in [0.2, 0.25) is 0 Å². The molecule has 0 aromatic heterocycles. The van der Waals surface area contributed by atoms with E-state index in [9.17, 15) is 20.0 Å². The minimum Gasteiger partial charge on any atom is -0.478 e. The monoisotopic (exact) mass is 445 g/mol. The first-order valence-corrected chi connectivity index (χ1v) is 12.7. The highest BCUT2D eigenvalue weighted by molar-refractivity contribution is 5.92. The summed E-state index contributed by atoms with van der Waals surface area (Å²) in [7, 11) is 0. The van der Waals surface area contributed by atoms with Gasteiger partial charge >= 0.3 is 5.97 Å². The van der Waals surface area contributed by atoms with Crippen LogP contribution >= 0.6 is 0 Å². The molecule has 0 bridgehead atoms. The molecular weight excluding hydrogens is 402 g/mol. The maximum atomic E-state index is 11.5. The minimum atomic E-state index is -0.947. The topological polar surface area (TPSA) is 80.4 Å². The molecular formula is C27H43NO4. The van der Waals surface area contributed by atoms with Gasteiger partial charge in [0.15, 0.2) is 0 Å². The Morgan fingerprint density at radius 1 is 0.844 bits per heavy atom. The Labute approximate surface area is 194 Å². The van der Waals surface area contributed by atoms with Crippen molar-refractivity contribution in [3.05, 3.63) is 45.5 Å². The Balaban J connectivity index is 2.07. The van der Waals surface area contributed by atoms with Gasteiger partial charge < -0.3 is 5.11 Å². The van der Waals surface area contributed by atoms with Crippen molar-refractivity contribution in [2.24, 2.45) is 0 Å². The van der Waals surface area contributed by atoms with Gasteiger partial charge in [0.05, 0.1) is 4.92 Å². The van der Waals surface area contributed by atoms with Gasteiger partial charge in [0.25, 0.3) is 5.69 Å². The number of non-ortho nitro benzene ring substituents is 1. The van der Waals surface area contributed by atoms with Crippen molar-refractivity contribution >= 4 is 17.7 Å². The van der Waals surface area contributed by atoms with Gasteiger partial charge in [-0.05, 0) is 24.5 Å². The first kappa shape index (κ1) is 27.9. The van der Waals surface area contributed by atoms with Crippen LogP contribution in [0, 0.1) is 10.1 Å². The molecule has 0 aliphatic heterocycles. The van der Waals surface area contributed by atoms with E-state index in [1.807, 2.05) is 0 Å². The van der Waals surface area contributed by atoms with Crippen molar-refractivity contribution in [1.29, 1.82) is 0 Å². The third kappa shape index (κ3) is 14.0. The normalized spacial score (nSPS) is 11.6. The molecule has 0 radical (unpaired) electrons. The maximum Gasteiger partial charge on any atom is 0.331 e. The summed E-state index contributed by atoms with van der Waals surface area (Å²) in [6.45, 7) is 2.26. The molecule has 5 heteroatoms. The average Bonchev–Trinajstić information content (AvgIpc) is 2.78. The van der Waals surface area contributed by atoms with E-state index in [0.29, 0.717) is 17.6 Å². The fraction of sp³-hybridized carbons (Fsp3) is 0.667. The van der Waals surface area contributed by atoms with Crippen molar-refractivity contribution in [2.45, 2.75) is 116 Å². The molecule has 0 amide bonds. The molecule has 5 nitrogen and oxygen atoms in total. The number of carbonyl (C=O) groups is 1. The van der Waals surface area contributed by atoms with Gasteiger partial charge in [-0.25, -0.2) is 4.79 Å². The number of carboxylic acids is 1. The number of aliphatic carboxylic acids is 1. The Hall–Kier alpha value is -2.17. The third-order valence-corrected chi connectivity index (χ3v) is 6.00. The van der Waals surface area contributed by atoms with E-state index in [1.165, 1.54) is 95.6 Å². The lowest BCUT2D eigenvalue weighted by molar-refractivity contribution is -0.384. The van der Waals surface area contributed by atoms with Crippen LogP contribution < -0.4 is 0 Å². The van der Waals surface area contributed by atoms with Crippen molar-refractivity contribution in [2.75, 3.05) is 0 Å². The summed E-state index contributed by atoms with van der Waals surface area (Å²) in [6.07, 6.45) is 22.7. The number of hydrogen-bond donors (Lipinski definition) is 1. The predicted octanol–water partition coefficient (Wildman–Crippen LogP) is 8.71. The fourth-order valence-corrected chi connectivity index (χ4v) is 4.03. The quantitative estimate of drug-likeness (QED) is 0.0941. The van der Waals surface area contributed by atoms with Gasteiger partial charge in [-0.2, -0.15) is 0 Å². The minimum absolute atomic E-state index is 0.0223. The summed E-state index contributed by atoms with van der Waals surface area (Å²) < 4.78 is 0. The van der Waals surface area contributed by atoms with E-state index in [-0.39, 0.29) is 5.69 Å². The number of carboxylic acid groups (broad SMARTS) is 1. The van der Waals surface area contributed by atoms with E-state index < -0.39 is 10.9 Å². The Bertz CT molecular complexity index is 684. The number of hydrogen-bond acceptors (Lipinski definition) is 3. The van der Waals surface area contributed by atoms with E-state index in [0.717, 1.165) is 19.3 Å². The number of nitro groups is 1. The van der Waals surface area contributed by atoms with E-state index in [2.05, 4.69) is 6.92 Å². The summed E-state index contributed by atoms with van der Waals surface area (Å²) in [4.78, 5) is 21.9. The van der Waals surface area contributed by atoms with E-state index in [4.69, 9.17) is 0 Å². The van der Waals surface area contributed by atoms with Gasteiger partial charge in [-0.3, -0.25) is 10.1 Å². The van der Waals surface area contributed by atoms with Gasteiger partial charge in [0.2, 0.25) is 0 Å². The van der Waals surface area contributed by atoms with Crippen LogP contribution in [-0.2, 0) is 4.79 Å². The van der Waals surface area contributed by atoms with Gasteiger partial charge in [-0.1, -0.05) is 115 Å². The molecule has 1 rings (SSSR count). The van der Waals surface area contributed by atoms with Crippen LogP contribution in [0.4, 0.5) is 5.69 Å². The van der Waals surface area contributed by atoms with Gasteiger partial charge in [0, 0.05) is 17.7 Å². The summed E-state index contributed by atoms with van der Waals surface area (Å²) in [5.74, 6) is -0.947. The molecule has 1 aromatic carbocycles. The van der Waals surface area contributed by atoms with Crippen molar-refractivity contribution in [1.82, 2.24) is 0 Å². The fourth-order valence-electron chi connectivity index (χ4n) is 4.03. The molecule has 0 aliphatic rings. The maximum absolute atomic E-state index is 11.5. The van der Waals surface area contributed by atoms with Crippen molar-refractivity contribution < 1.29 is 14.8 Å². The second-order valence-electron chi connectivity index (χ2n) is 8.88. The van der Waals surface area contributed by atoms with Crippen molar-refractivity contribution in [3.63, 3.8) is 0 Å². The Morgan fingerprint density at radius 3 is 1.75 bits per heavy atom. The molecule has 1 N–H and O–H groups in total. The second kappa shape index (κ2) is 18.4. The first-order chi connectivity index (χ1) is 15.5. The average molecular weight is 446 g/mol. The SMILES string of the molecule is CCCCCCCCCCCCCCCCCCC(=Cc1cccc([N+](=O)[O-])c1)C(=O)O. The lowest BCUT2D eigenvalue weighted by atomic mass is 10.0. The number of nitro benzene ring substituents is 1. The standard InChI is InChI=1S/C27H43NO4/c1-2-3-4-5-6-7-8-9-10-11-12-13-14-15-16-17-20-25(27(29)30)22-24-19-18-21-26(23-24)28(31)32/h18-19,21-23H,2-17,20H2,1H3,(H,29,30). The predicted molar refractivity (Wildman–Crippen MR) is 133 cm³/mol. The zero-order chi connectivity index (χ0) is 23.4. The molecule has 0 saturated heterocycles. The zero-order valence-electron chi connectivity index (χ0n) is 20.0. The third-order valence-electron chi connectivity index (χ3n) is 6.00. The lowest BCUT2D eigenvalue weighted by Gasteiger charge is -2.05. The highest BCUT2D eigenvalue weighted by Crippen LogP contribution is 2.19. The molecule has 1 aromatic rings. The largest absolute Gasteiger partial charge is 0.478 e. The van der Waals surface area contributed by atoms with Gasteiger partial charge in [0.1, 0.15) is 0 Å². The molecule has 32 heavy (non-hydrogen) atoms. The molecule has 0 atom stereocenters. The summed E-state index contributed by atoms with van der Waals surface area (Å²) in [6, 6.07) is 6.10. The summed E-state index contributed by atoms with van der Waals surface area (Å²) >= 11 is 0. The van der Waals surface area contributed by atoms with E-state index in [1.54, 1.807) is 18.2 Å². The molecule has 0 fully saturated rings. The number of rotatable bonds is 20. The van der Waals surface area contributed by atoms with Crippen LogP contribution in [0.3, 0.4) is 0 Å². The molecule has 180 valence electrons. The number of benzene rings is 1. The smallest absolute Gasteiger partial charge is 0.331 e. The van der Waals surface area contributed by atoms with Crippen LogP contribution in [0.5, 0.6) is 0 Å². The van der Waals surface area contributed by atoms with Crippen LogP contribution in [0.25, 0.3) is 6.08 Å². The van der Waals surface area contributed by atoms with E-state index >= 15 is 0 Å². The van der Waals surface area contributed by atoms with Crippen molar-refractivity contribution in [3.8, 4) is 0 Å². The molecule has 0 aliphatic carbocycles.